The molecule has 0 spiro atoms. The summed E-state index contributed by atoms with van der Waals surface area (Å²) >= 11 is 0. The number of anilines is 1. The highest BCUT2D eigenvalue weighted by Gasteiger charge is 2.08. The van der Waals surface area contributed by atoms with Crippen LogP contribution in [0.4, 0.5) is 5.95 Å². The van der Waals surface area contributed by atoms with Gasteiger partial charge >= 0.3 is 5.97 Å². The molecule has 0 aliphatic heterocycles. The largest absolute Gasteiger partial charge is 0.461 e. The van der Waals surface area contributed by atoms with Crippen molar-refractivity contribution in [2.75, 3.05) is 18.5 Å². The molecule has 14 heavy (non-hydrogen) atoms. The van der Waals surface area contributed by atoms with Gasteiger partial charge in [0, 0.05) is 12.7 Å². The minimum Gasteiger partial charge on any atom is -0.461 e. The molecule has 1 rings (SSSR count). The van der Waals surface area contributed by atoms with Crippen LogP contribution < -0.4 is 5.32 Å². The molecule has 0 fully saturated rings. The Bertz CT molecular complexity index is 315. The number of rotatable bonds is 4. The third kappa shape index (κ3) is 2.69. The van der Waals surface area contributed by atoms with Gasteiger partial charge in [-0.2, -0.15) is 0 Å². The van der Waals surface area contributed by atoms with E-state index in [1.165, 1.54) is 12.3 Å². The molecular formula is C9H13N3O2. The number of nitrogens with zero attached hydrogens (tertiary/aromatic N) is 2. The second-order valence-corrected chi connectivity index (χ2v) is 2.52. The maximum Gasteiger partial charge on any atom is 0.357 e. The standard InChI is InChI=1S/C9H13N3O2/c1-3-10-9-11-6-5-7(12-9)8(13)14-4-2/h5-6H,3-4H2,1-2H3,(H,10,11,12). The summed E-state index contributed by atoms with van der Waals surface area (Å²) in [7, 11) is 0. The van der Waals surface area contributed by atoms with Gasteiger partial charge in [0.25, 0.3) is 0 Å². The Morgan fingerprint density at radius 3 is 3.00 bits per heavy atom. The lowest BCUT2D eigenvalue weighted by molar-refractivity contribution is 0.0519. The van der Waals surface area contributed by atoms with Crippen LogP contribution in [-0.2, 0) is 4.74 Å². The lowest BCUT2D eigenvalue weighted by Crippen LogP contribution is -2.10. The van der Waals surface area contributed by atoms with Crippen molar-refractivity contribution in [3.8, 4) is 0 Å². The first-order valence-corrected chi connectivity index (χ1v) is 4.52. The van der Waals surface area contributed by atoms with Gasteiger partial charge in [-0.1, -0.05) is 0 Å². The summed E-state index contributed by atoms with van der Waals surface area (Å²) in [5, 5.41) is 2.91. The maximum absolute atomic E-state index is 11.3. The summed E-state index contributed by atoms with van der Waals surface area (Å²) in [4.78, 5) is 19.2. The zero-order chi connectivity index (χ0) is 10.4. The van der Waals surface area contributed by atoms with E-state index in [0.717, 1.165) is 0 Å². The molecule has 0 atom stereocenters. The van der Waals surface area contributed by atoms with E-state index in [1.807, 2.05) is 6.92 Å². The van der Waals surface area contributed by atoms with E-state index in [1.54, 1.807) is 6.92 Å². The lowest BCUT2D eigenvalue weighted by Gasteiger charge is -2.03. The molecule has 0 amide bonds. The number of carbonyl (C=O) groups excluding carboxylic acids is 1. The third-order valence-corrected chi connectivity index (χ3v) is 1.48. The van der Waals surface area contributed by atoms with Crippen molar-refractivity contribution in [3.05, 3.63) is 18.0 Å². The van der Waals surface area contributed by atoms with Crippen LogP contribution >= 0.6 is 0 Å². The van der Waals surface area contributed by atoms with Gasteiger partial charge in [-0.3, -0.25) is 0 Å². The highest BCUT2D eigenvalue weighted by atomic mass is 16.5. The summed E-state index contributed by atoms with van der Waals surface area (Å²) in [6, 6.07) is 1.53. The number of esters is 1. The molecule has 1 N–H and O–H groups in total. The van der Waals surface area contributed by atoms with Gasteiger partial charge in [0.15, 0.2) is 5.69 Å². The van der Waals surface area contributed by atoms with Crippen LogP contribution in [0.5, 0.6) is 0 Å². The van der Waals surface area contributed by atoms with Gasteiger partial charge in [0.1, 0.15) is 0 Å². The molecule has 0 aromatic carbocycles. The second kappa shape index (κ2) is 5.16. The fraction of sp³-hybridized carbons (Fsp3) is 0.444. The molecule has 0 radical (unpaired) electrons. The van der Waals surface area contributed by atoms with Gasteiger partial charge in [-0.05, 0) is 19.9 Å². The number of ether oxygens (including phenoxy) is 1. The molecular weight excluding hydrogens is 182 g/mol. The van der Waals surface area contributed by atoms with E-state index in [-0.39, 0.29) is 5.69 Å². The average Bonchev–Trinajstić information content (AvgIpc) is 2.19. The Kier molecular flexibility index (Phi) is 3.84. The number of hydrogen-bond acceptors (Lipinski definition) is 5. The van der Waals surface area contributed by atoms with E-state index >= 15 is 0 Å². The Balaban J connectivity index is 2.77. The smallest absolute Gasteiger partial charge is 0.357 e. The SMILES string of the molecule is CCNc1nccc(C(=O)OCC)n1. The van der Waals surface area contributed by atoms with Crippen LogP contribution in [0.1, 0.15) is 24.3 Å². The quantitative estimate of drug-likeness (QED) is 0.728. The predicted molar refractivity (Wildman–Crippen MR) is 52.2 cm³/mol. The molecule has 0 unspecified atom stereocenters. The van der Waals surface area contributed by atoms with Crippen LogP contribution in [-0.4, -0.2) is 29.1 Å². The van der Waals surface area contributed by atoms with Crippen LogP contribution in [0.15, 0.2) is 12.3 Å². The number of hydrogen-bond donors (Lipinski definition) is 1. The highest BCUT2D eigenvalue weighted by Crippen LogP contribution is 2.01. The topological polar surface area (TPSA) is 64.1 Å². The normalized spacial score (nSPS) is 9.57. The molecule has 1 heterocycles. The Labute approximate surface area is 82.5 Å². The minimum atomic E-state index is -0.422. The van der Waals surface area contributed by atoms with Crippen molar-refractivity contribution in [1.29, 1.82) is 0 Å². The van der Waals surface area contributed by atoms with Gasteiger partial charge in [0.2, 0.25) is 5.95 Å². The first kappa shape index (κ1) is 10.4. The van der Waals surface area contributed by atoms with Crippen molar-refractivity contribution in [2.24, 2.45) is 0 Å². The summed E-state index contributed by atoms with van der Waals surface area (Å²) in [5.74, 6) is 0.0205. The summed E-state index contributed by atoms with van der Waals surface area (Å²) in [6.07, 6.45) is 1.53. The van der Waals surface area contributed by atoms with Crippen molar-refractivity contribution >= 4 is 11.9 Å². The monoisotopic (exact) mass is 195 g/mol. The van der Waals surface area contributed by atoms with Crippen LogP contribution in [0, 0.1) is 0 Å². The molecule has 0 saturated heterocycles. The van der Waals surface area contributed by atoms with Crippen LogP contribution in [0.25, 0.3) is 0 Å². The van der Waals surface area contributed by atoms with Gasteiger partial charge < -0.3 is 10.1 Å². The van der Waals surface area contributed by atoms with E-state index in [2.05, 4.69) is 15.3 Å². The van der Waals surface area contributed by atoms with Gasteiger partial charge in [0.05, 0.1) is 6.61 Å². The van der Waals surface area contributed by atoms with E-state index in [9.17, 15) is 4.79 Å². The molecule has 1 aromatic rings. The maximum atomic E-state index is 11.3. The van der Waals surface area contributed by atoms with Crippen LogP contribution in [0.2, 0.25) is 0 Å². The Morgan fingerprint density at radius 2 is 2.36 bits per heavy atom. The molecule has 0 bridgehead atoms. The van der Waals surface area contributed by atoms with Crippen LogP contribution in [0.3, 0.4) is 0 Å². The molecule has 5 nitrogen and oxygen atoms in total. The molecule has 5 heteroatoms. The molecule has 0 aliphatic rings. The zero-order valence-electron chi connectivity index (χ0n) is 8.28. The molecule has 76 valence electrons. The fourth-order valence-electron chi connectivity index (χ4n) is 0.921. The van der Waals surface area contributed by atoms with Gasteiger partial charge in [-0.15, -0.1) is 0 Å². The van der Waals surface area contributed by atoms with Crippen molar-refractivity contribution in [1.82, 2.24) is 9.97 Å². The molecule has 1 aromatic heterocycles. The minimum absolute atomic E-state index is 0.276. The Morgan fingerprint density at radius 1 is 1.57 bits per heavy atom. The van der Waals surface area contributed by atoms with Crippen molar-refractivity contribution < 1.29 is 9.53 Å². The van der Waals surface area contributed by atoms with Crippen molar-refractivity contribution in [2.45, 2.75) is 13.8 Å². The summed E-state index contributed by atoms with van der Waals surface area (Å²) < 4.78 is 4.80. The third-order valence-electron chi connectivity index (χ3n) is 1.48. The van der Waals surface area contributed by atoms with E-state index in [4.69, 9.17) is 4.74 Å². The highest BCUT2D eigenvalue weighted by molar-refractivity contribution is 5.87. The van der Waals surface area contributed by atoms with Crippen molar-refractivity contribution in [3.63, 3.8) is 0 Å². The van der Waals surface area contributed by atoms with E-state index in [0.29, 0.717) is 19.1 Å². The number of aromatic nitrogens is 2. The summed E-state index contributed by atoms with van der Waals surface area (Å²) in [6.45, 7) is 4.75. The first-order chi connectivity index (χ1) is 6.77. The molecule has 0 aliphatic carbocycles. The Hall–Kier alpha value is -1.65. The molecule has 0 saturated carbocycles. The second-order valence-electron chi connectivity index (χ2n) is 2.52. The first-order valence-electron chi connectivity index (χ1n) is 4.52. The fourth-order valence-corrected chi connectivity index (χ4v) is 0.921. The average molecular weight is 195 g/mol. The number of carbonyl (C=O) groups is 1. The summed E-state index contributed by atoms with van der Waals surface area (Å²) in [5.41, 5.74) is 0.276. The lowest BCUT2D eigenvalue weighted by atomic mass is 10.4. The van der Waals surface area contributed by atoms with E-state index < -0.39 is 5.97 Å². The number of nitrogens with one attached hydrogen (secondary N) is 1. The zero-order valence-corrected chi connectivity index (χ0v) is 8.28. The van der Waals surface area contributed by atoms with Gasteiger partial charge in [-0.25, -0.2) is 14.8 Å². The predicted octanol–water partition coefficient (Wildman–Crippen LogP) is 1.09.